The molecule has 2 aromatic heterocycles. The Morgan fingerprint density at radius 2 is 1.70 bits per heavy atom. The summed E-state index contributed by atoms with van der Waals surface area (Å²) in [5, 5.41) is 7.15. The third-order valence-corrected chi connectivity index (χ3v) is 4.69. The molecule has 0 aliphatic heterocycles. The normalized spacial score (nSPS) is 11.6. The van der Waals surface area contributed by atoms with Gasteiger partial charge >= 0.3 is 0 Å². The van der Waals surface area contributed by atoms with Crippen molar-refractivity contribution in [3.8, 4) is 11.3 Å². The molecule has 0 saturated carbocycles. The fraction of sp³-hybridized carbons (Fsp3) is 0.174. The van der Waals surface area contributed by atoms with E-state index in [9.17, 15) is 13.6 Å². The first kappa shape index (κ1) is 19.7. The summed E-state index contributed by atoms with van der Waals surface area (Å²) in [7, 11) is 0. The van der Waals surface area contributed by atoms with E-state index in [1.54, 1.807) is 30.3 Å². The molecule has 0 atom stereocenters. The zero-order chi connectivity index (χ0) is 21.5. The number of nitrogens with zero attached hydrogens (tertiary/aromatic N) is 3. The van der Waals surface area contributed by atoms with Crippen LogP contribution in [0.1, 0.15) is 37.0 Å². The van der Waals surface area contributed by atoms with Gasteiger partial charge < -0.3 is 5.32 Å². The highest BCUT2D eigenvalue weighted by atomic mass is 19.1. The standard InChI is InChI=1S/C23H20F2N4O/c1-23(2,3)20-13-21-26-18(14-8-10-15(24)11-9-14)12-19(29(21)28-20)22(30)27-17-7-5-4-6-16(17)25/h4-13H,1-3H3,(H,27,30). The van der Waals surface area contributed by atoms with E-state index in [1.807, 2.05) is 26.8 Å². The second-order valence-electron chi connectivity index (χ2n) is 8.02. The van der Waals surface area contributed by atoms with Crippen LogP contribution in [0.5, 0.6) is 0 Å². The molecule has 0 aliphatic rings. The van der Waals surface area contributed by atoms with Crippen molar-refractivity contribution >= 4 is 17.2 Å². The number of halogens is 2. The molecule has 0 fully saturated rings. The van der Waals surface area contributed by atoms with Gasteiger partial charge in [-0.3, -0.25) is 4.79 Å². The summed E-state index contributed by atoms with van der Waals surface area (Å²) in [5.41, 5.74) is 2.37. The highest BCUT2D eigenvalue weighted by Crippen LogP contribution is 2.26. The van der Waals surface area contributed by atoms with E-state index in [4.69, 9.17) is 0 Å². The van der Waals surface area contributed by atoms with Gasteiger partial charge in [0.1, 0.15) is 17.3 Å². The highest BCUT2D eigenvalue weighted by molar-refractivity contribution is 6.04. The Morgan fingerprint density at radius 3 is 2.37 bits per heavy atom. The van der Waals surface area contributed by atoms with Crippen molar-refractivity contribution in [2.24, 2.45) is 0 Å². The van der Waals surface area contributed by atoms with Crippen molar-refractivity contribution in [2.75, 3.05) is 5.32 Å². The van der Waals surface area contributed by atoms with Crippen LogP contribution in [0.15, 0.2) is 60.7 Å². The smallest absolute Gasteiger partial charge is 0.274 e. The quantitative estimate of drug-likeness (QED) is 0.507. The third kappa shape index (κ3) is 3.78. The maximum atomic E-state index is 14.0. The average molecular weight is 406 g/mol. The van der Waals surface area contributed by atoms with Gasteiger partial charge in [0.05, 0.1) is 17.1 Å². The zero-order valence-corrected chi connectivity index (χ0v) is 16.8. The highest BCUT2D eigenvalue weighted by Gasteiger charge is 2.22. The molecule has 1 N–H and O–H groups in total. The number of para-hydroxylation sites is 1. The number of benzene rings is 2. The minimum atomic E-state index is -0.536. The number of carbonyl (C=O) groups excluding carboxylic acids is 1. The third-order valence-electron chi connectivity index (χ3n) is 4.69. The SMILES string of the molecule is CC(C)(C)c1cc2nc(-c3ccc(F)cc3)cc(C(=O)Nc3ccccc3F)n2n1. The molecule has 0 saturated heterocycles. The van der Waals surface area contributed by atoms with Gasteiger partial charge in [-0.25, -0.2) is 18.3 Å². The molecule has 2 heterocycles. The van der Waals surface area contributed by atoms with Crippen LogP contribution in [0.25, 0.3) is 16.9 Å². The molecule has 30 heavy (non-hydrogen) atoms. The second kappa shape index (κ2) is 7.33. The molecule has 152 valence electrons. The molecule has 0 unspecified atom stereocenters. The predicted octanol–water partition coefficient (Wildman–Crippen LogP) is 5.22. The number of carbonyl (C=O) groups is 1. The van der Waals surface area contributed by atoms with Gasteiger partial charge in [0.2, 0.25) is 0 Å². The first-order valence-corrected chi connectivity index (χ1v) is 9.45. The van der Waals surface area contributed by atoms with Crippen molar-refractivity contribution in [3.05, 3.63) is 83.7 Å². The summed E-state index contributed by atoms with van der Waals surface area (Å²) in [6.45, 7) is 6.03. The van der Waals surface area contributed by atoms with Crippen molar-refractivity contribution < 1.29 is 13.6 Å². The molecule has 0 spiro atoms. The molecular formula is C23H20F2N4O. The van der Waals surface area contributed by atoms with E-state index < -0.39 is 11.7 Å². The molecule has 2 aromatic carbocycles. The lowest BCUT2D eigenvalue weighted by atomic mass is 9.93. The molecular weight excluding hydrogens is 386 g/mol. The Bertz CT molecular complexity index is 1240. The van der Waals surface area contributed by atoms with E-state index in [0.29, 0.717) is 16.9 Å². The van der Waals surface area contributed by atoms with Gasteiger partial charge in [-0.1, -0.05) is 32.9 Å². The van der Waals surface area contributed by atoms with Crippen LogP contribution in [0.4, 0.5) is 14.5 Å². The average Bonchev–Trinajstić information content (AvgIpc) is 3.14. The number of hydrogen-bond acceptors (Lipinski definition) is 3. The molecule has 0 aliphatic carbocycles. The topological polar surface area (TPSA) is 59.3 Å². The Kier molecular flexibility index (Phi) is 4.81. The van der Waals surface area contributed by atoms with Crippen LogP contribution in [0, 0.1) is 11.6 Å². The van der Waals surface area contributed by atoms with Crippen LogP contribution in [-0.4, -0.2) is 20.5 Å². The maximum absolute atomic E-state index is 14.0. The summed E-state index contributed by atoms with van der Waals surface area (Å²) in [5.74, 6) is -1.43. The van der Waals surface area contributed by atoms with Crippen LogP contribution in [0.2, 0.25) is 0 Å². The van der Waals surface area contributed by atoms with Crippen molar-refractivity contribution in [2.45, 2.75) is 26.2 Å². The van der Waals surface area contributed by atoms with E-state index in [0.717, 1.165) is 5.69 Å². The molecule has 0 bridgehead atoms. The summed E-state index contributed by atoms with van der Waals surface area (Å²) in [4.78, 5) is 17.7. The number of anilines is 1. The summed E-state index contributed by atoms with van der Waals surface area (Å²) >= 11 is 0. The first-order chi connectivity index (χ1) is 14.2. The lowest BCUT2D eigenvalue weighted by molar-refractivity contribution is 0.101. The minimum Gasteiger partial charge on any atom is -0.318 e. The number of amides is 1. The minimum absolute atomic E-state index is 0.0685. The Hall–Kier alpha value is -3.61. The maximum Gasteiger partial charge on any atom is 0.274 e. The molecule has 7 heteroatoms. The lowest BCUT2D eigenvalue weighted by Gasteiger charge is -2.13. The van der Waals surface area contributed by atoms with Gasteiger partial charge in [0, 0.05) is 17.0 Å². The van der Waals surface area contributed by atoms with Crippen molar-refractivity contribution in [3.63, 3.8) is 0 Å². The fourth-order valence-corrected chi connectivity index (χ4v) is 3.02. The Morgan fingerprint density at radius 1 is 1.00 bits per heavy atom. The van der Waals surface area contributed by atoms with Crippen LogP contribution in [-0.2, 0) is 5.41 Å². The number of aromatic nitrogens is 3. The predicted molar refractivity (Wildman–Crippen MR) is 111 cm³/mol. The van der Waals surface area contributed by atoms with Crippen LogP contribution in [0.3, 0.4) is 0 Å². The number of hydrogen-bond donors (Lipinski definition) is 1. The van der Waals surface area contributed by atoms with E-state index in [-0.39, 0.29) is 22.6 Å². The van der Waals surface area contributed by atoms with Crippen LogP contribution < -0.4 is 5.32 Å². The van der Waals surface area contributed by atoms with Gasteiger partial charge in [-0.05, 0) is 42.5 Å². The van der Waals surface area contributed by atoms with Gasteiger partial charge in [-0.2, -0.15) is 5.10 Å². The number of rotatable bonds is 3. The Balaban J connectivity index is 1.86. The first-order valence-electron chi connectivity index (χ1n) is 9.45. The monoisotopic (exact) mass is 406 g/mol. The van der Waals surface area contributed by atoms with Gasteiger partial charge in [0.25, 0.3) is 5.91 Å². The number of fused-ring (bicyclic) bond motifs is 1. The largest absolute Gasteiger partial charge is 0.318 e. The molecule has 5 nitrogen and oxygen atoms in total. The summed E-state index contributed by atoms with van der Waals surface area (Å²) in [6.07, 6.45) is 0. The van der Waals surface area contributed by atoms with E-state index in [1.165, 1.54) is 28.8 Å². The molecule has 4 rings (SSSR count). The molecule has 1 amide bonds. The lowest BCUT2D eigenvalue weighted by Crippen LogP contribution is -2.19. The molecule has 0 radical (unpaired) electrons. The zero-order valence-electron chi connectivity index (χ0n) is 16.8. The summed E-state index contributed by atoms with van der Waals surface area (Å²) in [6, 6.07) is 15.2. The van der Waals surface area contributed by atoms with Crippen molar-refractivity contribution in [1.29, 1.82) is 0 Å². The van der Waals surface area contributed by atoms with Gasteiger partial charge in [-0.15, -0.1) is 0 Å². The summed E-state index contributed by atoms with van der Waals surface area (Å²) < 4.78 is 28.8. The van der Waals surface area contributed by atoms with Gasteiger partial charge in [0.15, 0.2) is 5.65 Å². The number of nitrogens with one attached hydrogen (secondary N) is 1. The fourth-order valence-electron chi connectivity index (χ4n) is 3.02. The van der Waals surface area contributed by atoms with E-state index in [2.05, 4.69) is 15.4 Å². The van der Waals surface area contributed by atoms with Crippen molar-refractivity contribution in [1.82, 2.24) is 14.6 Å². The Labute approximate surface area is 172 Å². The van der Waals surface area contributed by atoms with Crippen LogP contribution >= 0.6 is 0 Å². The molecule has 4 aromatic rings. The van der Waals surface area contributed by atoms with E-state index >= 15 is 0 Å². The second-order valence-corrected chi connectivity index (χ2v) is 8.02.